The fourth-order valence-corrected chi connectivity index (χ4v) is 2.36. The molecule has 0 bridgehead atoms. The lowest BCUT2D eigenvalue weighted by atomic mass is 10.2. The summed E-state index contributed by atoms with van der Waals surface area (Å²) in [5.41, 5.74) is 1.87. The maximum Gasteiger partial charge on any atom is 0.324 e. The molecule has 1 aliphatic rings. The Hall–Kier alpha value is -2.04. The molecule has 21 heavy (non-hydrogen) atoms. The summed E-state index contributed by atoms with van der Waals surface area (Å²) in [4.78, 5) is 27.0. The van der Waals surface area contributed by atoms with Gasteiger partial charge in [-0.15, -0.1) is 0 Å². The van der Waals surface area contributed by atoms with E-state index in [1.807, 2.05) is 43.0 Å². The molecule has 1 aromatic carbocycles. The van der Waals surface area contributed by atoms with Crippen molar-refractivity contribution in [3.63, 3.8) is 0 Å². The number of nitrogens with zero attached hydrogens (tertiary/aromatic N) is 2. The highest BCUT2D eigenvalue weighted by molar-refractivity contribution is 5.93. The van der Waals surface area contributed by atoms with Gasteiger partial charge in [-0.1, -0.05) is 17.7 Å². The molecule has 0 aromatic heterocycles. The van der Waals surface area contributed by atoms with Crippen LogP contribution in [0.5, 0.6) is 0 Å². The molecule has 0 radical (unpaired) electrons. The summed E-state index contributed by atoms with van der Waals surface area (Å²) in [6, 6.07) is 7.84. The summed E-state index contributed by atoms with van der Waals surface area (Å²) in [6.45, 7) is 4.79. The number of urea groups is 1. The van der Waals surface area contributed by atoms with Gasteiger partial charge in [0.1, 0.15) is 0 Å². The topological polar surface area (TPSA) is 60.9 Å². The third-order valence-electron chi connectivity index (χ3n) is 3.70. The molecule has 1 N–H and O–H groups in total. The first-order chi connectivity index (χ1) is 10.0. The van der Waals surface area contributed by atoms with Crippen LogP contribution in [0, 0.1) is 6.92 Å². The van der Waals surface area contributed by atoms with Crippen LogP contribution in [-0.4, -0.2) is 41.1 Å². The fourth-order valence-electron chi connectivity index (χ4n) is 2.36. The largest absolute Gasteiger partial charge is 0.481 e. The highest BCUT2D eigenvalue weighted by Gasteiger charge is 2.34. The normalized spacial score (nSPS) is 13.8. The van der Waals surface area contributed by atoms with Crippen molar-refractivity contribution in [3.8, 4) is 0 Å². The lowest BCUT2D eigenvalue weighted by Crippen LogP contribution is -2.45. The summed E-state index contributed by atoms with van der Waals surface area (Å²) in [5.74, 6) is -0.894. The van der Waals surface area contributed by atoms with E-state index in [4.69, 9.17) is 5.11 Å². The molecule has 0 spiro atoms. The van der Waals surface area contributed by atoms with E-state index in [-0.39, 0.29) is 19.0 Å². The third-order valence-corrected chi connectivity index (χ3v) is 3.70. The zero-order valence-electron chi connectivity index (χ0n) is 12.6. The van der Waals surface area contributed by atoms with E-state index in [1.54, 1.807) is 4.90 Å². The molecule has 2 rings (SSSR count). The summed E-state index contributed by atoms with van der Waals surface area (Å²) < 4.78 is 0. The maximum atomic E-state index is 12.7. The zero-order valence-corrected chi connectivity index (χ0v) is 12.6. The number of carbonyl (C=O) groups excluding carboxylic acids is 1. The van der Waals surface area contributed by atoms with E-state index in [9.17, 15) is 9.59 Å². The summed E-state index contributed by atoms with van der Waals surface area (Å²) in [6.07, 6.45) is 2.03. The standard InChI is InChI=1S/C16H22N2O3/c1-3-17(13-8-9-13)16(21)18(11-10-15(19)20)14-6-4-12(2)5-7-14/h4-7,13H,3,8-11H2,1-2H3,(H,19,20). The van der Waals surface area contributed by atoms with Crippen LogP contribution in [0.1, 0.15) is 31.7 Å². The van der Waals surface area contributed by atoms with Gasteiger partial charge in [0.15, 0.2) is 0 Å². The molecule has 114 valence electrons. The number of carboxylic acid groups (broad SMARTS) is 1. The second-order valence-corrected chi connectivity index (χ2v) is 5.43. The molecule has 2 amide bonds. The van der Waals surface area contributed by atoms with Gasteiger partial charge in [-0.25, -0.2) is 4.79 Å². The molecule has 1 saturated carbocycles. The Labute approximate surface area is 125 Å². The fraction of sp³-hybridized carbons (Fsp3) is 0.500. The smallest absolute Gasteiger partial charge is 0.324 e. The maximum absolute atomic E-state index is 12.7. The minimum atomic E-state index is -0.894. The van der Waals surface area contributed by atoms with E-state index >= 15 is 0 Å². The Bertz CT molecular complexity index is 509. The van der Waals surface area contributed by atoms with E-state index in [2.05, 4.69) is 0 Å². The van der Waals surface area contributed by atoms with Crippen molar-refractivity contribution in [2.24, 2.45) is 0 Å². The van der Waals surface area contributed by atoms with Crippen LogP contribution in [0.3, 0.4) is 0 Å². The van der Waals surface area contributed by atoms with Crippen LogP contribution in [0.4, 0.5) is 10.5 Å². The number of aliphatic carboxylic acids is 1. The van der Waals surface area contributed by atoms with E-state index in [1.165, 1.54) is 0 Å². The average Bonchev–Trinajstić information content (AvgIpc) is 3.26. The quantitative estimate of drug-likeness (QED) is 0.876. The van der Waals surface area contributed by atoms with E-state index < -0.39 is 5.97 Å². The Morgan fingerprint density at radius 1 is 1.24 bits per heavy atom. The van der Waals surface area contributed by atoms with Crippen LogP contribution in [0.25, 0.3) is 0 Å². The van der Waals surface area contributed by atoms with Crippen LogP contribution >= 0.6 is 0 Å². The predicted octanol–water partition coefficient (Wildman–Crippen LogP) is 2.88. The molecule has 1 aromatic rings. The number of benzene rings is 1. The summed E-state index contributed by atoms with van der Waals surface area (Å²) >= 11 is 0. The van der Waals surface area contributed by atoms with Gasteiger partial charge >= 0.3 is 12.0 Å². The third kappa shape index (κ3) is 3.97. The Balaban J connectivity index is 2.19. The SMILES string of the molecule is CCN(C(=O)N(CCC(=O)O)c1ccc(C)cc1)C1CC1. The number of amides is 2. The number of hydrogen-bond donors (Lipinski definition) is 1. The van der Waals surface area contributed by atoms with Gasteiger partial charge in [-0.2, -0.15) is 0 Å². The molecular formula is C16H22N2O3. The van der Waals surface area contributed by atoms with Crippen molar-refractivity contribution < 1.29 is 14.7 Å². The monoisotopic (exact) mass is 290 g/mol. The van der Waals surface area contributed by atoms with Crippen molar-refractivity contribution in [2.75, 3.05) is 18.0 Å². The van der Waals surface area contributed by atoms with Crippen molar-refractivity contribution in [3.05, 3.63) is 29.8 Å². The minimum Gasteiger partial charge on any atom is -0.481 e. The van der Waals surface area contributed by atoms with Gasteiger partial charge in [-0.3, -0.25) is 9.69 Å². The van der Waals surface area contributed by atoms with Gasteiger partial charge in [0, 0.05) is 24.8 Å². The van der Waals surface area contributed by atoms with Gasteiger partial charge < -0.3 is 10.0 Å². The molecule has 0 aliphatic heterocycles. The van der Waals surface area contributed by atoms with Crippen molar-refractivity contribution in [2.45, 2.75) is 39.2 Å². The minimum absolute atomic E-state index is 0.0537. The Morgan fingerprint density at radius 3 is 2.33 bits per heavy atom. The highest BCUT2D eigenvalue weighted by atomic mass is 16.4. The predicted molar refractivity (Wildman–Crippen MR) is 81.6 cm³/mol. The number of anilines is 1. The van der Waals surface area contributed by atoms with Crippen LogP contribution in [0.15, 0.2) is 24.3 Å². The molecule has 0 unspecified atom stereocenters. The van der Waals surface area contributed by atoms with Crippen molar-refractivity contribution >= 4 is 17.7 Å². The average molecular weight is 290 g/mol. The molecular weight excluding hydrogens is 268 g/mol. The molecule has 0 atom stereocenters. The van der Waals surface area contributed by atoms with Gasteiger partial charge in [0.05, 0.1) is 6.42 Å². The van der Waals surface area contributed by atoms with E-state index in [0.29, 0.717) is 12.6 Å². The first-order valence-electron chi connectivity index (χ1n) is 7.39. The number of carboxylic acids is 1. The summed E-state index contributed by atoms with van der Waals surface area (Å²) in [5, 5.41) is 8.90. The van der Waals surface area contributed by atoms with Crippen LogP contribution in [-0.2, 0) is 4.79 Å². The second-order valence-electron chi connectivity index (χ2n) is 5.43. The van der Waals surface area contributed by atoms with Crippen LogP contribution in [0.2, 0.25) is 0 Å². The molecule has 5 nitrogen and oxygen atoms in total. The number of rotatable bonds is 6. The zero-order chi connectivity index (χ0) is 15.4. The highest BCUT2D eigenvalue weighted by Crippen LogP contribution is 2.29. The van der Waals surface area contributed by atoms with Gasteiger partial charge in [0.2, 0.25) is 0 Å². The molecule has 0 heterocycles. The lowest BCUT2D eigenvalue weighted by Gasteiger charge is -2.30. The lowest BCUT2D eigenvalue weighted by molar-refractivity contribution is -0.136. The van der Waals surface area contributed by atoms with Crippen molar-refractivity contribution in [1.82, 2.24) is 4.90 Å². The Morgan fingerprint density at radius 2 is 1.86 bits per heavy atom. The molecule has 5 heteroatoms. The van der Waals surface area contributed by atoms with E-state index in [0.717, 1.165) is 24.1 Å². The van der Waals surface area contributed by atoms with Gasteiger partial charge in [0.25, 0.3) is 0 Å². The molecule has 0 saturated heterocycles. The summed E-state index contributed by atoms with van der Waals surface area (Å²) in [7, 11) is 0. The number of carbonyl (C=O) groups is 2. The van der Waals surface area contributed by atoms with Crippen molar-refractivity contribution in [1.29, 1.82) is 0 Å². The van der Waals surface area contributed by atoms with Gasteiger partial charge in [-0.05, 0) is 38.8 Å². The molecule has 1 aliphatic carbocycles. The van der Waals surface area contributed by atoms with Crippen LogP contribution < -0.4 is 4.90 Å². The Kier molecular flexibility index (Phi) is 4.83. The first kappa shape index (κ1) is 15.4. The molecule has 1 fully saturated rings. The number of aryl methyl sites for hydroxylation is 1. The number of hydrogen-bond acceptors (Lipinski definition) is 2. The second kappa shape index (κ2) is 6.61. The first-order valence-corrected chi connectivity index (χ1v) is 7.39.